The second-order valence-electron chi connectivity index (χ2n) is 4.50. The van der Waals surface area contributed by atoms with E-state index < -0.39 is 9.84 Å². The van der Waals surface area contributed by atoms with Crippen molar-refractivity contribution in [2.45, 2.75) is 18.0 Å². The summed E-state index contributed by atoms with van der Waals surface area (Å²) in [5.74, 6) is 2.12. The van der Waals surface area contributed by atoms with Crippen molar-refractivity contribution >= 4 is 21.6 Å². The lowest BCUT2D eigenvalue weighted by Gasteiger charge is -2.07. The molecule has 1 saturated heterocycles. The smallest absolute Gasteiger partial charge is 0.191 e. The highest BCUT2D eigenvalue weighted by molar-refractivity contribution is 7.99. The average Bonchev–Trinajstić information content (AvgIpc) is 2.82. The Morgan fingerprint density at radius 1 is 1.50 bits per heavy atom. The van der Waals surface area contributed by atoms with Gasteiger partial charge in [-0.25, -0.2) is 8.42 Å². The molecule has 1 aliphatic rings. The van der Waals surface area contributed by atoms with Crippen LogP contribution in [-0.4, -0.2) is 52.2 Å². The molecule has 1 aliphatic heterocycles. The van der Waals surface area contributed by atoms with Gasteiger partial charge < -0.3 is 9.67 Å². The van der Waals surface area contributed by atoms with Gasteiger partial charge in [0.05, 0.1) is 18.1 Å². The van der Waals surface area contributed by atoms with Crippen LogP contribution in [0.15, 0.2) is 5.16 Å². The van der Waals surface area contributed by atoms with Crippen LogP contribution < -0.4 is 0 Å². The van der Waals surface area contributed by atoms with E-state index in [1.807, 2.05) is 11.6 Å². The summed E-state index contributed by atoms with van der Waals surface area (Å²) in [5.41, 5.74) is 0. The molecule has 6 nitrogen and oxygen atoms in total. The van der Waals surface area contributed by atoms with Gasteiger partial charge in [-0.2, -0.15) is 0 Å². The molecule has 1 N–H and O–H groups in total. The Morgan fingerprint density at radius 2 is 2.28 bits per heavy atom. The molecule has 0 saturated carbocycles. The van der Waals surface area contributed by atoms with Gasteiger partial charge in [-0.15, -0.1) is 10.2 Å². The summed E-state index contributed by atoms with van der Waals surface area (Å²) in [5, 5.41) is 17.7. The molecular formula is C10H17N3O3S2. The first-order valence-electron chi connectivity index (χ1n) is 5.84. The molecule has 1 aromatic heterocycles. The Balaban J connectivity index is 2.00. The van der Waals surface area contributed by atoms with Crippen LogP contribution in [0.4, 0.5) is 0 Å². The molecule has 0 radical (unpaired) electrons. The second-order valence-corrected chi connectivity index (χ2v) is 7.79. The van der Waals surface area contributed by atoms with E-state index in [1.165, 1.54) is 11.8 Å². The first-order valence-corrected chi connectivity index (χ1v) is 8.65. The molecule has 8 heteroatoms. The van der Waals surface area contributed by atoms with Crippen molar-refractivity contribution < 1.29 is 13.5 Å². The van der Waals surface area contributed by atoms with Crippen molar-refractivity contribution in [3.63, 3.8) is 0 Å². The maximum absolute atomic E-state index is 11.4. The number of hydrogen-bond acceptors (Lipinski definition) is 6. The molecule has 0 amide bonds. The maximum atomic E-state index is 11.4. The first kappa shape index (κ1) is 13.8. The van der Waals surface area contributed by atoms with Crippen molar-refractivity contribution in [2.75, 3.05) is 23.9 Å². The Bertz CT molecular complexity index is 512. The lowest BCUT2D eigenvalue weighted by Crippen LogP contribution is -2.11. The van der Waals surface area contributed by atoms with Gasteiger partial charge in [0, 0.05) is 19.2 Å². The van der Waals surface area contributed by atoms with E-state index in [1.54, 1.807) is 0 Å². The number of rotatable bonds is 5. The van der Waals surface area contributed by atoms with Crippen LogP contribution in [0.5, 0.6) is 0 Å². The van der Waals surface area contributed by atoms with Crippen molar-refractivity contribution in [1.29, 1.82) is 0 Å². The summed E-state index contributed by atoms with van der Waals surface area (Å²) in [6.45, 7) is 0.105. The average molecular weight is 291 g/mol. The lowest BCUT2D eigenvalue weighted by atomic mass is 10.1. The quantitative estimate of drug-likeness (QED) is 0.761. The van der Waals surface area contributed by atoms with Gasteiger partial charge in [-0.3, -0.25) is 0 Å². The zero-order valence-corrected chi connectivity index (χ0v) is 11.9. The number of thioether (sulfide) groups is 1. The van der Waals surface area contributed by atoms with Gasteiger partial charge in [0.25, 0.3) is 0 Å². The van der Waals surface area contributed by atoms with E-state index in [4.69, 9.17) is 5.11 Å². The van der Waals surface area contributed by atoms with Gasteiger partial charge in [0.2, 0.25) is 0 Å². The highest BCUT2D eigenvalue weighted by Gasteiger charge is 2.29. The van der Waals surface area contributed by atoms with Gasteiger partial charge in [-0.1, -0.05) is 11.8 Å². The van der Waals surface area contributed by atoms with Crippen LogP contribution >= 0.6 is 11.8 Å². The van der Waals surface area contributed by atoms with Crippen molar-refractivity contribution in [1.82, 2.24) is 14.8 Å². The minimum atomic E-state index is -2.83. The molecule has 2 heterocycles. The lowest BCUT2D eigenvalue weighted by molar-refractivity contribution is 0.322. The van der Waals surface area contributed by atoms with Crippen molar-refractivity contribution in [2.24, 2.45) is 13.0 Å². The SMILES string of the molecule is Cn1c(C[C@H]2CCS(=O)(=O)C2)nnc1SCCO. The molecule has 1 atom stereocenters. The van der Waals surface area contributed by atoms with E-state index in [0.717, 1.165) is 11.0 Å². The molecule has 0 bridgehead atoms. The van der Waals surface area contributed by atoms with Crippen LogP contribution in [-0.2, 0) is 23.3 Å². The largest absolute Gasteiger partial charge is 0.396 e. The summed E-state index contributed by atoms with van der Waals surface area (Å²) in [6.07, 6.45) is 1.37. The van der Waals surface area contributed by atoms with Crippen LogP contribution in [0.3, 0.4) is 0 Å². The van der Waals surface area contributed by atoms with E-state index in [9.17, 15) is 8.42 Å². The van der Waals surface area contributed by atoms with E-state index >= 15 is 0 Å². The molecule has 102 valence electrons. The number of aliphatic hydroxyl groups excluding tert-OH is 1. The highest BCUT2D eigenvalue weighted by atomic mass is 32.2. The fourth-order valence-corrected chi connectivity index (χ4v) is 4.61. The fraction of sp³-hybridized carbons (Fsp3) is 0.800. The maximum Gasteiger partial charge on any atom is 0.191 e. The highest BCUT2D eigenvalue weighted by Crippen LogP contribution is 2.23. The van der Waals surface area contributed by atoms with Gasteiger partial charge in [0.15, 0.2) is 15.0 Å². The van der Waals surface area contributed by atoms with Gasteiger partial charge in [-0.05, 0) is 12.3 Å². The van der Waals surface area contributed by atoms with Gasteiger partial charge >= 0.3 is 0 Å². The molecule has 0 aliphatic carbocycles. The topological polar surface area (TPSA) is 85.1 Å². The predicted molar refractivity (Wildman–Crippen MR) is 69.3 cm³/mol. The summed E-state index contributed by atoms with van der Waals surface area (Å²) in [4.78, 5) is 0. The summed E-state index contributed by atoms with van der Waals surface area (Å²) in [6, 6.07) is 0. The van der Waals surface area contributed by atoms with E-state index in [0.29, 0.717) is 24.3 Å². The van der Waals surface area contributed by atoms with E-state index in [2.05, 4.69) is 10.2 Å². The summed E-state index contributed by atoms with van der Waals surface area (Å²) in [7, 11) is -0.958. The third kappa shape index (κ3) is 3.24. The third-order valence-corrected chi connectivity index (χ3v) is 5.88. The number of aromatic nitrogens is 3. The molecule has 0 aromatic carbocycles. The number of nitrogens with zero attached hydrogens (tertiary/aromatic N) is 3. The van der Waals surface area contributed by atoms with Crippen LogP contribution in [0.2, 0.25) is 0 Å². The number of sulfone groups is 1. The van der Waals surface area contributed by atoms with Crippen LogP contribution in [0.1, 0.15) is 12.2 Å². The fourth-order valence-electron chi connectivity index (χ4n) is 2.08. The Morgan fingerprint density at radius 3 is 2.89 bits per heavy atom. The molecule has 1 fully saturated rings. The molecular weight excluding hydrogens is 274 g/mol. The van der Waals surface area contributed by atoms with Crippen LogP contribution in [0.25, 0.3) is 0 Å². The molecule has 18 heavy (non-hydrogen) atoms. The normalized spacial score (nSPS) is 22.4. The van der Waals surface area contributed by atoms with Crippen LogP contribution in [0, 0.1) is 5.92 Å². The minimum absolute atomic E-state index is 0.105. The zero-order valence-electron chi connectivity index (χ0n) is 10.2. The van der Waals surface area contributed by atoms with Crippen molar-refractivity contribution in [3.8, 4) is 0 Å². The Hall–Kier alpha value is -0.600. The Labute approximate surface area is 111 Å². The molecule has 1 aromatic rings. The van der Waals surface area contributed by atoms with E-state index in [-0.39, 0.29) is 18.3 Å². The second kappa shape index (κ2) is 5.58. The van der Waals surface area contributed by atoms with Gasteiger partial charge in [0.1, 0.15) is 5.82 Å². The summed E-state index contributed by atoms with van der Waals surface area (Å²) >= 11 is 1.45. The first-order chi connectivity index (χ1) is 8.52. The minimum Gasteiger partial charge on any atom is -0.396 e. The van der Waals surface area contributed by atoms with Crippen molar-refractivity contribution in [3.05, 3.63) is 5.82 Å². The predicted octanol–water partition coefficient (Wildman–Crippen LogP) is -0.123. The monoisotopic (exact) mass is 291 g/mol. The zero-order chi connectivity index (χ0) is 13.2. The number of hydrogen-bond donors (Lipinski definition) is 1. The third-order valence-electron chi connectivity index (χ3n) is 3.05. The standard InChI is InChI=1S/C10H17N3O3S2/c1-13-9(11-12-10(13)17-4-3-14)6-8-2-5-18(15,16)7-8/h8,14H,2-7H2,1H3/t8-/m1/s1. The molecule has 0 spiro atoms. The summed E-state index contributed by atoms with van der Waals surface area (Å²) < 4.78 is 24.7. The molecule has 2 rings (SSSR count). The Kier molecular flexibility index (Phi) is 4.29. The molecule has 0 unspecified atom stereocenters. The number of aliphatic hydroxyl groups is 1.